The molecular formula is C12H16FeN2O4. The Morgan fingerprint density at radius 2 is 0.895 bits per heavy atom. The molecule has 7 heteroatoms. The van der Waals surface area contributed by atoms with E-state index < -0.39 is 12.2 Å². The van der Waals surface area contributed by atoms with E-state index in [1.54, 1.807) is 0 Å². The molecule has 19 heavy (non-hydrogen) atoms. The summed E-state index contributed by atoms with van der Waals surface area (Å²) in [6, 6.07) is 20.0. The number of rotatable bonds is 0. The summed E-state index contributed by atoms with van der Waals surface area (Å²) in [4.78, 5) is 17.6. The molecule has 0 aliphatic rings. The second kappa shape index (κ2) is 18.1. The molecule has 2 rings (SSSR count). The molecule has 2 aromatic rings. The van der Waals surface area contributed by atoms with Crippen LogP contribution in [0.25, 0.3) is 0 Å². The first-order valence-corrected chi connectivity index (χ1v) is 4.77. The van der Waals surface area contributed by atoms with Gasteiger partial charge in [0.05, 0.1) is 0 Å². The van der Waals surface area contributed by atoms with Crippen LogP contribution in [-0.2, 0) is 17.1 Å². The molecule has 0 aliphatic carbocycles. The normalized spacial score (nSPS) is 6.74. The van der Waals surface area contributed by atoms with Crippen LogP contribution in [0.15, 0.2) is 60.7 Å². The molecule has 0 radical (unpaired) electrons. The SMILES string of the molecule is NC(=O)O.NC(=O)O.[Fe+2].c1cc[cH-]c1.c1cc[cH-]c1. The van der Waals surface area contributed by atoms with Crippen molar-refractivity contribution < 1.29 is 36.9 Å². The number of primary amides is 2. The van der Waals surface area contributed by atoms with Crippen LogP contribution < -0.4 is 11.5 Å². The maximum absolute atomic E-state index is 8.78. The molecule has 0 heterocycles. The first-order valence-electron chi connectivity index (χ1n) is 4.77. The minimum absolute atomic E-state index is 0. The molecule has 0 spiro atoms. The molecule has 2 amide bonds. The van der Waals surface area contributed by atoms with Crippen molar-refractivity contribution in [2.75, 3.05) is 0 Å². The number of carbonyl (C=O) groups is 2. The Balaban J connectivity index is -0.000000178. The topological polar surface area (TPSA) is 127 Å². The smallest absolute Gasteiger partial charge is 0.465 e. The Morgan fingerprint density at radius 3 is 0.947 bits per heavy atom. The molecule has 2 aromatic carbocycles. The summed E-state index contributed by atoms with van der Waals surface area (Å²) in [6.45, 7) is 0. The van der Waals surface area contributed by atoms with E-state index in [4.69, 9.17) is 19.8 Å². The molecule has 0 aromatic heterocycles. The van der Waals surface area contributed by atoms with Crippen LogP contribution in [0.3, 0.4) is 0 Å². The molecule has 0 atom stereocenters. The number of amides is 2. The van der Waals surface area contributed by atoms with Gasteiger partial charge in [-0.05, 0) is 0 Å². The van der Waals surface area contributed by atoms with Gasteiger partial charge in [-0.25, -0.2) is 33.9 Å². The largest absolute Gasteiger partial charge is 2.00 e. The third-order valence-electron chi connectivity index (χ3n) is 1.11. The van der Waals surface area contributed by atoms with Crippen molar-refractivity contribution in [3.05, 3.63) is 60.7 Å². The Bertz CT molecular complexity index is 294. The quantitative estimate of drug-likeness (QED) is 0.439. The van der Waals surface area contributed by atoms with Gasteiger partial charge in [0.2, 0.25) is 0 Å². The number of hydrogen-bond donors (Lipinski definition) is 4. The summed E-state index contributed by atoms with van der Waals surface area (Å²) in [6.07, 6.45) is -2.67. The predicted octanol–water partition coefficient (Wildman–Crippen LogP) is 2.05. The van der Waals surface area contributed by atoms with Crippen molar-refractivity contribution in [1.82, 2.24) is 0 Å². The molecule has 6 N–H and O–H groups in total. The number of carboxylic acid groups (broad SMARTS) is 2. The Hall–Kier alpha value is -2.24. The maximum Gasteiger partial charge on any atom is 2.00 e. The fraction of sp³-hybridized carbons (Fsp3) is 0. The van der Waals surface area contributed by atoms with E-state index in [-0.39, 0.29) is 17.1 Å². The van der Waals surface area contributed by atoms with Crippen molar-refractivity contribution in [3.8, 4) is 0 Å². The molecule has 6 nitrogen and oxygen atoms in total. The molecule has 0 fully saturated rings. The Labute approximate surface area is 121 Å². The van der Waals surface area contributed by atoms with Crippen LogP contribution in [0, 0.1) is 0 Å². The third kappa shape index (κ3) is 49.6. The first-order chi connectivity index (χ1) is 8.46. The van der Waals surface area contributed by atoms with Crippen molar-refractivity contribution in [1.29, 1.82) is 0 Å². The van der Waals surface area contributed by atoms with Crippen LogP contribution in [0.1, 0.15) is 0 Å². The van der Waals surface area contributed by atoms with Crippen molar-refractivity contribution in [2.24, 2.45) is 11.5 Å². The molecule has 0 unspecified atom stereocenters. The molecular weight excluding hydrogens is 292 g/mol. The minimum atomic E-state index is -1.33. The van der Waals surface area contributed by atoms with Crippen LogP contribution >= 0.6 is 0 Å². The summed E-state index contributed by atoms with van der Waals surface area (Å²) in [5.41, 5.74) is 8.06. The Morgan fingerprint density at radius 1 is 0.737 bits per heavy atom. The zero-order chi connectivity index (χ0) is 14.2. The van der Waals surface area contributed by atoms with Gasteiger partial charge in [0, 0.05) is 0 Å². The van der Waals surface area contributed by atoms with E-state index >= 15 is 0 Å². The van der Waals surface area contributed by atoms with Crippen molar-refractivity contribution in [3.63, 3.8) is 0 Å². The maximum atomic E-state index is 8.78. The predicted molar refractivity (Wildman–Crippen MR) is 68.5 cm³/mol. The number of hydrogen-bond acceptors (Lipinski definition) is 2. The monoisotopic (exact) mass is 308 g/mol. The van der Waals surface area contributed by atoms with Gasteiger partial charge in [-0.3, -0.25) is 0 Å². The van der Waals surface area contributed by atoms with Gasteiger partial charge in [-0.1, -0.05) is 0 Å². The van der Waals surface area contributed by atoms with Crippen LogP contribution in [0.5, 0.6) is 0 Å². The summed E-state index contributed by atoms with van der Waals surface area (Å²) in [5.74, 6) is 0. The van der Waals surface area contributed by atoms with E-state index in [0.29, 0.717) is 0 Å². The van der Waals surface area contributed by atoms with Crippen molar-refractivity contribution in [2.45, 2.75) is 0 Å². The summed E-state index contributed by atoms with van der Waals surface area (Å²) in [5, 5.41) is 14.4. The van der Waals surface area contributed by atoms with Gasteiger partial charge < -0.3 is 21.7 Å². The van der Waals surface area contributed by atoms with Gasteiger partial charge in [0.15, 0.2) is 0 Å². The summed E-state index contributed by atoms with van der Waals surface area (Å²) >= 11 is 0. The van der Waals surface area contributed by atoms with Gasteiger partial charge in [-0.15, -0.1) is 0 Å². The Kier molecular flexibility index (Phi) is 21.0. The van der Waals surface area contributed by atoms with Crippen LogP contribution in [0.2, 0.25) is 0 Å². The second-order valence-electron chi connectivity index (χ2n) is 2.60. The standard InChI is InChI=1S/2C5H5.2CH3NO2.Fe/c2*1-2-4-5-3-1;2*2-1(3)4;/h2*1-5H;2*2H2,(H,3,4);/q2*-1;;;+2. The molecule has 0 aliphatic heterocycles. The average molecular weight is 308 g/mol. The zero-order valence-corrected chi connectivity index (χ0v) is 11.1. The first kappa shape index (κ1) is 22.0. The summed E-state index contributed by atoms with van der Waals surface area (Å²) < 4.78 is 0. The van der Waals surface area contributed by atoms with E-state index in [1.807, 2.05) is 60.7 Å². The van der Waals surface area contributed by atoms with Gasteiger partial charge in [-0.2, -0.15) is 36.4 Å². The minimum Gasteiger partial charge on any atom is -0.465 e. The molecule has 0 saturated heterocycles. The van der Waals surface area contributed by atoms with Crippen LogP contribution in [0.4, 0.5) is 9.59 Å². The summed E-state index contributed by atoms with van der Waals surface area (Å²) in [7, 11) is 0. The molecule has 0 saturated carbocycles. The van der Waals surface area contributed by atoms with E-state index in [9.17, 15) is 0 Å². The van der Waals surface area contributed by atoms with E-state index in [0.717, 1.165) is 0 Å². The van der Waals surface area contributed by atoms with E-state index in [2.05, 4.69) is 11.5 Å². The zero-order valence-electron chi connectivity index (χ0n) is 9.99. The van der Waals surface area contributed by atoms with E-state index in [1.165, 1.54) is 0 Å². The second-order valence-corrected chi connectivity index (χ2v) is 2.60. The molecule has 106 valence electrons. The van der Waals surface area contributed by atoms with Gasteiger partial charge in [0.25, 0.3) is 0 Å². The van der Waals surface area contributed by atoms with Gasteiger partial charge >= 0.3 is 29.3 Å². The van der Waals surface area contributed by atoms with Crippen LogP contribution in [-0.4, -0.2) is 22.4 Å². The van der Waals surface area contributed by atoms with Gasteiger partial charge in [0.1, 0.15) is 0 Å². The fourth-order valence-corrected chi connectivity index (χ4v) is 0.642. The van der Waals surface area contributed by atoms with Crippen molar-refractivity contribution >= 4 is 12.2 Å². The fourth-order valence-electron chi connectivity index (χ4n) is 0.642. The number of nitrogens with two attached hydrogens (primary N) is 2. The average Bonchev–Trinajstić information content (AvgIpc) is 2.96. The molecule has 0 bridgehead atoms. The third-order valence-corrected chi connectivity index (χ3v) is 1.11.